The molecule has 1 amide bonds. The van der Waals surface area contributed by atoms with Gasteiger partial charge in [-0.15, -0.1) is 0 Å². The summed E-state index contributed by atoms with van der Waals surface area (Å²) >= 11 is 0. The largest absolute Gasteiger partial charge is 0.497 e. The molecule has 6 heteroatoms. The smallest absolute Gasteiger partial charge is 0.408 e. The molecule has 1 aliphatic carbocycles. The molecular formula is C28H29NO5. The minimum absolute atomic E-state index is 0.0513. The lowest BCUT2D eigenvalue weighted by Crippen LogP contribution is -2.39. The van der Waals surface area contributed by atoms with Crippen molar-refractivity contribution in [1.82, 2.24) is 5.32 Å². The standard InChI is InChI=1S/C28H29NO5/c1-31-21-10-5-9-19(15-21)27-26(17-20-16-22(32-2)13-14-25(20)33-27)34-28(30)29-24-12-6-8-18-7-3-4-11-23(18)24/h3-5,7,9-11,13-16,24,26-27H,6,8,12,17H2,1-2H3,(H,29,30)/t24-,26?,27-/m0/s1. The van der Waals surface area contributed by atoms with Gasteiger partial charge in [-0.3, -0.25) is 0 Å². The van der Waals surface area contributed by atoms with E-state index in [1.807, 2.05) is 54.6 Å². The van der Waals surface area contributed by atoms with Crippen molar-refractivity contribution in [2.45, 2.75) is 43.9 Å². The van der Waals surface area contributed by atoms with Gasteiger partial charge in [0.1, 0.15) is 23.4 Å². The summed E-state index contributed by atoms with van der Waals surface area (Å²) < 4.78 is 23.2. The third-order valence-electron chi connectivity index (χ3n) is 6.62. The molecule has 34 heavy (non-hydrogen) atoms. The Labute approximate surface area is 199 Å². The summed E-state index contributed by atoms with van der Waals surface area (Å²) in [7, 11) is 3.26. The fraction of sp³-hybridized carbons (Fsp3) is 0.321. The van der Waals surface area contributed by atoms with Crippen LogP contribution in [0.25, 0.3) is 0 Å². The van der Waals surface area contributed by atoms with Crippen molar-refractivity contribution in [2.75, 3.05) is 14.2 Å². The first kappa shape index (κ1) is 22.1. The summed E-state index contributed by atoms with van der Waals surface area (Å²) in [5.41, 5.74) is 4.29. The van der Waals surface area contributed by atoms with Gasteiger partial charge in [-0.2, -0.15) is 0 Å². The van der Waals surface area contributed by atoms with E-state index in [1.165, 1.54) is 11.1 Å². The van der Waals surface area contributed by atoms with Gasteiger partial charge < -0.3 is 24.3 Å². The summed E-state index contributed by atoms with van der Waals surface area (Å²) in [6, 6.07) is 21.6. The van der Waals surface area contributed by atoms with Crippen molar-refractivity contribution in [3.8, 4) is 17.2 Å². The molecule has 1 heterocycles. The van der Waals surface area contributed by atoms with Gasteiger partial charge in [0.05, 0.1) is 20.3 Å². The number of ether oxygens (including phenoxy) is 4. The Kier molecular flexibility index (Phi) is 6.30. The molecule has 0 fully saturated rings. The van der Waals surface area contributed by atoms with Gasteiger partial charge in [0.15, 0.2) is 6.10 Å². The summed E-state index contributed by atoms with van der Waals surface area (Å²) in [4.78, 5) is 13.1. The first-order chi connectivity index (χ1) is 16.6. The Morgan fingerprint density at radius 3 is 2.62 bits per heavy atom. The number of nitrogens with one attached hydrogen (secondary N) is 1. The fourth-order valence-corrected chi connectivity index (χ4v) is 4.92. The van der Waals surface area contributed by atoms with E-state index in [9.17, 15) is 4.79 Å². The number of fused-ring (bicyclic) bond motifs is 2. The highest BCUT2D eigenvalue weighted by molar-refractivity contribution is 5.68. The fourth-order valence-electron chi connectivity index (χ4n) is 4.92. The van der Waals surface area contributed by atoms with Crippen molar-refractivity contribution < 1.29 is 23.7 Å². The molecule has 0 spiro atoms. The Hall–Kier alpha value is -3.67. The zero-order valence-corrected chi connectivity index (χ0v) is 19.5. The number of aryl methyl sites for hydroxylation is 1. The Morgan fingerprint density at radius 1 is 0.941 bits per heavy atom. The highest BCUT2D eigenvalue weighted by atomic mass is 16.6. The van der Waals surface area contributed by atoms with Crippen LogP contribution in [0, 0.1) is 0 Å². The molecule has 3 aromatic rings. The third kappa shape index (κ3) is 4.53. The van der Waals surface area contributed by atoms with Crippen LogP contribution >= 0.6 is 0 Å². The van der Waals surface area contributed by atoms with E-state index in [-0.39, 0.29) is 6.04 Å². The molecule has 1 unspecified atom stereocenters. The summed E-state index contributed by atoms with van der Waals surface area (Å²) in [6.07, 6.45) is 2.08. The Bertz CT molecular complexity index is 1180. The highest BCUT2D eigenvalue weighted by Crippen LogP contribution is 2.39. The van der Waals surface area contributed by atoms with E-state index in [0.717, 1.165) is 47.6 Å². The highest BCUT2D eigenvalue weighted by Gasteiger charge is 2.35. The van der Waals surface area contributed by atoms with E-state index in [1.54, 1.807) is 14.2 Å². The third-order valence-corrected chi connectivity index (χ3v) is 6.62. The number of alkyl carbamates (subject to hydrolysis) is 1. The predicted octanol–water partition coefficient (Wildman–Crippen LogP) is 5.55. The maximum absolute atomic E-state index is 13.1. The second-order valence-electron chi connectivity index (χ2n) is 8.72. The number of hydrogen-bond donors (Lipinski definition) is 1. The lowest BCUT2D eigenvalue weighted by Gasteiger charge is -2.34. The van der Waals surface area contributed by atoms with E-state index in [0.29, 0.717) is 6.42 Å². The van der Waals surface area contributed by atoms with Crippen LogP contribution in [0.2, 0.25) is 0 Å². The molecule has 0 saturated heterocycles. The average molecular weight is 460 g/mol. The molecule has 0 aromatic heterocycles. The summed E-state index contributed by atoms with van der Waals surface area (Å²) in [6.45, 7) is 0. The van der Waals surface area contributed by atoms with Crippen LogP contribution < -0.4 is 19.5 Å². The van der Waals surface area contributed by atoms with Crippen molar-refractivity contribution in [1.29, 1.82) is 0 Å². The van der Waals surface area contributed by atoms with Crippen LogP contribution in [0.15, 0.2) is 66.7 Å². The van der Waals surface area contributed by atoms with Crippen LogP contribution in [0.1, 0.15) is 47.2 Å². The lowest BCUT2D eigenvalue weighted by atomic mass is 9.88. The zero-order chi connectivity index (χ0) is 23.5. The second-order valence-corrected chi connectivity index (χ2v) is 8.72. The topological polar surface area (TPSA) is 66.0 Å². The Morgan fingerprint density at radius 2 is 1.76 bits per heavy atom. The molecule has 0 saturated carbocycles. The Balaban J connectivity index is 1.39. The normalized spacial score (nSPS) is 20.8. The van der Waals surface area contributed by atoms with Gasteiger partial charge in [-0.05, 0) is 66.3 Å². The maximum Gasteiger partial charge on any atom is 0.408 e. The van der Waals surface area contributed by atoms with E-state index >= 15 is 0 Å². The van der Waals surface area contributed by atoms with E-state index in [2.05, 4.69) is 17.4 Å². The van der Waals surface area contributed by atoms with E-state index in [4.69, 9.17) is 18.9 Å². The van der Waals surface area contributed by atoms with Crippen LogP contribution in [-0.4, -0.2) is 26.4 Å². The lowest BCUT2D eigenvalue weighted by molar-refractivity contribution is 0.00174. The van der Waals surface area contributed by atoms with Gasteiger partial charge in [0, 0.05) is 12.0 Å². The predicted molar refractivity (Wildman–Crippen MR) is 129 cm³/mol. The van der Waals surface area contributed by atoms with Crippen molar-refractivity contribution in [2.24, 2.45) is 0 Å². The van der Waals surface area contributed by atoms with Gasteiger partial charge >= 0.3 is 6.09 Å². The molecule has 176 valence electrons. The molecule has 0 radical (unpaired) electrons. The number of methoxy groups -OCH3 is 2. The number of carbonyl (C=O) groups excluding carboxylic acids is 1. The molecule has 5 rings (SSSR count). The number of carbonyl (C=O) groups is 1. The molecule has 3 atom stereocenters. The second kappa shape index (κ2) is 9.67. The molecule has 3 aromatic carbocycles. The van der Waals surface area contributed by atoms with Gasteiger partial charge in [-0.25, -0.2) is 4.79 Å². The molecule has 6 nitrogen and oxygen atoms in total. The van der Waals surface area contributed by atoms with Crippen LogP contribution in [0.4, 0.5) is 4.79 Å². The molecule has 1 aliphatic heterocycles. The minimum atomic E-state index is -0.509. The summed E-state index contributed by atoms with van der Waals surface area (Å²) in [5, 5.41) is 3.10. The monoisotopic (exact) mass is 459 g/mol. The van der Waals surface area contributed by atoms with Crippen molar-refractivity contribution in [3.63, 3.8) is 0 Å². The molecule has 1 N–H and O–H groups in total. The number of amides is 1. The maximum atomic E-state index is 13.1. The quantitative estimate of drug-likeness (QED) is 0.542. The van der Waals surface area contributed by atoms with Gasteiger partial charge in [-0.1, -0.05) is 36.4 Å². The molecule has 0 bridgehead atoms. The molecular weight excluding hydrogens is 430 g/mol. The summed E-state index contributed by atoms with van der Waals surface area (Å²) in [5.74, 6) is 2.22. The van der Waals surface area contributed by atoms with Crippen LogP contribution in [-0.2, 0) is 17.6 Å². The first-order valence-electron chi connectivity index (χ1n) is 11.7. The number of hydrogen-bond acceptors (Lipinski definition) is 5. The van der Waals surface area contributed by atoms with Gasteiger partial charge in [0.25, 0.3) is 0 Å². The van der Waals surface area contributed by atoms with Crippen LogP contribution in [0.3, 0.4) is 0 Å². The van der Waals surface area contributed by atoms with E-state index < -0.39 is 18.3 Å². The SMILES string of the molecule is COc1cccc([C@@H]2Oc3ccc(OC)cc3CC2OC(=O)N[C@H]2CCCc3ccccc32)c1. The van der Waals surface area contributed by atoms with Crippen molar-refractivity contribution >= 4 is 6.09 Å². The van der Waals surface area contributed by atoms with Crippen LogP contribution in [0.5, 0.6) is 17.2 Å². The zero-order valence-electron chi connectivity index (χ0n) is 19.5. The van der Waals surface area contributed by atoms with Gasteiger partial charge in [0.2, 0.25) is 0 Å². The first-order valence-corrected chi connectivity index (χ1v) is 11.7. The number of benzene rings is 3. The minimum Gasteiger partial charge on any atom is -0.497 e. The molecule has 2 aliphatic rings. The average Bonchev–Trinajstić information content (AvgIpc) is 2.88. The van der Waals surface area contributed by atoms with Crippen molar-refractivity contribution in [3.05, 3.63) is 89.0 Å². The number of rotatable bonds is 5.